The lowest BCUT2D eigenvalue weighted by atomic mass is 10.1. The molecule has 0 unspecified atom stereocenters. The number of hydrogen-bond acceptors (Lipinski definition) is 5. The number of nitrogens with one attached hydrogen (secondary N) is 1. The topological polar surface area (TPSA) is 106 Å². The number of aromatic nitrogens is 1. The minimum atomic E-state index is -0.624. The molecule has 1 aromatic heterocycles. The number of carbonyl (C=O) groups excluding carboxylic acids is 1. The summed E-state index contributed by atoms with van der Waals surface area (Å²) < 4.78 is 5.95. The van der Waals surface area contributed by atoms with Crippen LogP contribution in [0.3, 0.4) is 0 Å². The van der Waals surface area contributed by atoms with Crippen LogP contribution in [0.1, 0.15) is 11.1 Å². The SMILES string of the molecule is Cc1cccc(N(N)C(=O)NN)c1COc1ccnc(-c2ccc(Cl)cc2)c1. The van der Waals surface area contributed by atoms with Gasteiger partial charge in [-0.1, -0.05) is 35.9 Å². The average molecular weight is 398 g/mol. The Morgan fingerprint density at radius 1 is 1.21 bits per heavy atom. The van der Waals surface area contributed by atoms with Gasteiger partial charge in [0.2, 0.25) is 0 Å². The molecule has 0 saturated heterocycles. The lowest BCUT2D eigenvalue weighted by molar-refractivity contribution is 0.246. The molecule has 7 nitrogen and oxygen atoms in total. The second-order valence-electron chi connectivity index (χ2n) is 6.06. The van der Waals surface area contributed by atoms with E-state index < -0.39 is 6.03 Å². The van der Waals surface area contributed by atoms with Crippen molar-refractivity contribution in [2.75, 3.05) is 5.01 Å². The molecule has 0 aliphatic rings. The quantitative estimate of drug-likeness (QED) is 0.346. The molecule has 0 spiro atoms. The summed E-state index contributed by atoms with van der Waals surface area (Å²) in [5.74, 6) is 11.7. The van der Waals surface area contributed by atoms with Crippen LogP contribution in [0.4, 0.5) is 10.5 Å². The molecular weight excluding hydrogens is 378 g/mol. The molecule has 144 valence electrons. The number of pyridine rings is 1. The third kappa shape index (κ3) is 4.40. The molecule has 0 atom stereocenters. The maximum absolute atomic E-state index is 11.8. The first kappa shape index (κ1) is 19.6. The van der Waals surface area contributed by atoms with E-state index in [1.165, 1.54) is 0 Å². The number of benzene rings is 2. The number of carbonyl (C=O) groups is 1. The molecule has 28 heavy (non-hydrogen) atoms. The second kappa shape index (κ2) is 8.71. The summed E-state index contributed by atoms with van der Waals surface area (Å²) in [6, 6.07) is 15.8. The van der Waals surface area contributed by atoms with E-state index in [2.05, 4.69) is 4.98 Å². The maximum Gasteiger partial charge on any atom is 0.350 e. The number of ether oxygens (including phenoxy) is 1. The van der Waals surface area contributed by atoms with Crippen LogP contribution in [-0.2, 0) is 6.61 Å². The highest BCUT2D eigenvalue weighted by Crippen LogP contribution is 2.26. The summed E-state index contributed by atoms with van der Waals surface area (Å²) >= 11 is 5.94. The van der Waals surface area contributed by atoms with Gasteiger partial charge in [-0.25, -0.2) is 21.5 Å². The van der Waals surface area contributed by atoms with Crippen LogP contribution in [-0.4, -0.2) is 11.0 Å². The standard InChI is InChI=1S/C20H20ClN5O2/c1-13-3-2-4-19(26(23)20(27)25-22)17(13)12-28-16-9-10-24-18(11-16)14-5-7-15(21)8-6-14/h2-11H,12,22-23H2,1H3,(H,25,27). The predicted molar refractivity (Wildman–Crippen MR) is 110 cm³/mol. The highest BCUT2D eigenvalue weighted by Gasteiger charge is 2.16. The van der Waals surface area contributed by atoms with Gasteiger partial charge in [0.15, 0.2) is 0 Å². The first-order valence-corrected chi connectivity index (χ1v) is 8.86. The first-order valence-electron chi connectivity index (χ1n) is 8.48. The van der Waals surface area contributed by atoms with Crippen LogP contribution in [0.25, 0.3) is 11.3 Å². The van der Waals surface area contributed by atoms with Gasteiger partial charge in [0, 0.05) is 28.4 Å². The third-order valence-electron chi connectivity index (χ3n) is 4.24. The van der Waals surface area contributed by atoms with E-state index in [1.54, 1.807) is 18.3 Å². The van der Waals surface area contributed by atoms with Crippen molar-refractivity contribution < 1.29 is 9.53 Å². The normalized spacial score (nSPS) is 10.4. The molecule has 0 saturated carbocycles. The fourth-order valence-corrected chi connectivity index (χ4v) is 2.84. The number of nitrogens with two attached hydrogens (primary N) is 2. The van der Waals surface area contributed by atoms with E-state index in [0.29, 0.717) is 16.5 Å². The average Bonchev–Trinajstić information content (AvgIpc) is 2.72. The number of nitrogens with zero attached hydrogens (tertiary/aromatic N) is 2. The summed E-state index contributed by atoms with van der Waals surface area (Å²) in [5, 5.41) is 1.62. The molecular formula is C20H20ClN5O2. The molecule has 2 amide bonds. The molecule has 0 bridgehead atoms. The van der Waals surface area contributed by atoms with Gasteiger partial charge in [-0.15, -0.1) is 0 Å². The second-order valence-corrected chi connectivity index (χ2v) is 6.50. The zero-order valence-electron chi connectivity index (χ0n) is 15.2. The fourth-order valence-electron chi connectivity index (χ4n) is 2.71. The van der Waals surface area contributed by atoms with Gasteiger partial charge in [0.05, 0.1) is 11.4 Å². The van der Waals surface area contributed by atoms with Gasteiger partial charge in [0.25, 0.3) is 0 Å². The highest BCUT2D eigenvalue weighted by molar-refractivity contribution is 6.30. The number of hydrogen-bond donors (Lipinski definition) is 3. The van der Waals surface area contributed by atoms with Crippen LogP contribution in [0.5, 0.6) is 5.75 Å². The van der Waals surface area contributed by atoms with Crippen LogP contribution >= 0.6 is 11.6 Å². The van der Waals surface area contributed by atoms with E-state index >= 15 is 0 Å². The predicted octanol–water partition coefficient (Wildman–Crippen LogP) is 3.55. The maximum atomic E-state index is 11.8. The van der Waals surface area contributed by atoms with E-state index in [1.807, 2.05) is 54.8 Å². The molecule has 0 aliphatic carbocycles. The minimum absolute atomic E-state index is 0.220. The van der Waals surface area contributed by atoms with Crippen molar-refractivity contribution in [2.24, 2.45) is 11.7 Å². The zero-order valence-corrected chi connectivity index (χ0v) is 16.0. The zero-order chi connectivity index (χ0) is 20.1. The van der Waals surface area contributed by atoms with Crippen molar-refractivity contribution in [1.29, 1.82) is 0 Å². The molecule has 0 aliphatic heterocycles. The summed E-state index contributed by atoms with van der Waals surface area (Å²) in [6.07, 6.45) is 1.68. The van der Waals surface area contributed by atoms with E-state index in [0.717, 1.165) is 27.4 Å². The molecule has 3 aromatic rings. The van der Waals surface area contributed by atoms with Crippen LogP contribution in [0, 0.1) is 6.92 Å². The van der Waals surface area contributed by atoms with E-state index in [4.69, 9.17) is 28.0 Å². The number of amides is 2. The molecule has 0 radical (unpaired) electrons. The largest absolute Gasteiger partial charge is 0.489 e. The lowest BCUT2D eigenvalue weighted by Crippen LogP contribution is -2.48. The number of aryl methyl sites for hydroxylation is 1. The fraction of sp³-hybridized carbons (Fsp3) is 0.100. The Hall–Kier alpha value is -3.13. The Balaban J connectivity index is 1.82. The molecule has 3 rings (SSSR count). The summed E-state index contributed by atoms with van der Waals surface area (Å²) in [4.78, 5) is 16.2. The molecule has 2 aromatic carbocycles. The van der Waals surface area contributed by atoms with Gasteiger partial charge in [-0.2, -0.15) is 0 Å². The Morgan fingerprint density at radius 3 is 2.68 bits per heavy atom. The molecule has 1 heterocycles. The minimum Gasteiger partial charge on any atom is -0.489 e. The molecule has 0 fully saturated rings. The van der Waals surface area contributed by atoms with Crippen LogP contribution in [0.15, 0.2) is 60.8 Å². The number of anilines is 1. The van der Waals surface area contributed by atoms with Crippen molar-refractivity contribution in [2.45, 2.75) is 13.5 Å². The Bertz CT molecular complexity index is 979. The summed E-state index contributed by atoms with van der Waals surface area (Å²) in [5.41, 5.74) is 5.93. The Kier molecular flexibility index (Phi) is 6.10. The van der Waals surface area contributed by atoms with E-state index in [-0.39, 0.29) is 6.61 Å². The number of halogens is 1. The van der Waals surface area contributed by atoms with E-state index in [9.17, 15) is 4.79 Å². The Morgan fingerprint density at radius 2 is 1.96 bits per heavy atom. The molecule has 5 N–H and O–H groups in total. The number of urea groups is 1. The van der Waals surface area contributed by atoms with Gasteiger partial charge >= 0.3 is 6.03 Å². The van der Waals surface area contributed by atoms with Crippen molar-refractivity contribution >= 4 is 23.3 Å². The van der Waals surface area contributed by atoms with Gasteiger partial charge in [0.1, 0.15) is 12.4 Å². The highest BCUT2D eigenvalue weighted by atomic mass is 35.5. The van der Waals surface area contributed by atoms with Crippen molar-refractivity contribution in [3.8, 4) is 17.0 Å². The smallest absolute Gasteiger partial charge is 0.350 e. The van der Waals surface area contributed by atoms with Gasteiger partial charge < -0.3 is 4.74 Å². The van der Waals surface area contributed by atoms with Crippen LogP contribution in [0.2, 0.25) is 5.02 Å². The van der Waals surface area contributed by atoms with Gasteiger partial charge in [-0.05, 0) is 36.8 Å². The first-order chi connectivity index (χ1) is 13.5. The summed E-state index contributed by atoms with van der Waals surface area (Å²) in [7, 11) is 0. The number of hydrazine groups is 2. The summed E-state index contributed by atoms with van der Waals surface area (Å²) in [6.45, 7) is 2.14. The molecule has 8 heteroatoms. The van der Waals surface area contributed by atoms with Crippen molar-refractivity contribution in [1.82, 2.24) is 10.4 Å². The number of rotatable bonds is 5. The monoisotopic (exact) mass is 397 g/mol. The van der Waals surface area contributed by atoms with Crippen molar-refractivity contribution in [3.05, 3.63) is 76.9 Å². The lowest BCUT2D eigenvalue weighted by Gasteiger charge is -2.21. The van der Waals surface area contributed by atoms with Crippen LogP contribution < -0.4 is 26.9 Å². The Labute approximate surface area is 167 Å². The third-order valence-corrected chi connectivity index (χ3v) is 4.49. The van der Waals surface area contributed by atoms with Gasteiger partial charge in [-0.3, -0.25) is 10.4 Å². The van der Waals surface area contributed by atoms with Crippen molar-refractivity contribution in [3.63, 3.8) is 0 Å².